The number of benzene rings is 1. The highest BCUT2D eigenvalue weighted by molar-refractivity contribution is 7.13. The van der Waals surface area contributed by atoms with E-state index in [0.717, 1.165) is 53.6 Å². The van der Waals surface area contributed by atoms with Crippen molar-refractivity contribution in [2.75, 3.05) is 6.54 Å². The van der Waals surface area contributed by atoms with Crippen molar-refractivity contribution < 1.29 is 5.11 Å². The predicted octanol–water partition coefficient (Wildman–Crippen LogP) is 3.78. The Morgan fingerprint density at radius 3 is 3.00 bits per heavy atom. The van der Waals surface area contributed by atoms with E-state index in [0.29, 0.717) is 5.75 Å². The van der Waals surface area contributed by atoms with Crippen LogP contribution in [0.5, 0.6) is 5.75 Å². The van der Waals surface area contributed by atoms with Gasteiger partial charge >= 0.3 is 0 Å². The maximum atomic E-state index is 10.2. The molecule has 2 aromatic heterocycles. The Labute approximate surface area is 145 Å². The van der Waals surface area contributed by atoms with Crippen LogP contribution in [0.1, 0.15) is 22.4 Å². The highest BCUT2D eigenvalue weighted by Crippen LogP contribution is 2.27. The monoisotopic (exact) mass is 337 g/mol. The van der Waals surface area contributed by atoms with Gasteiger partial charge in [0.15, 0.2) is 5.82 Å². The van der Waals surface area contributed by atoms with E-state index < -0.39 is 0 Å². The number of rotatable bonds is 3. The fraction of sp³-hybridized carbons (Fsp3) is 0.263. The Kier molecular flexibility index (Phi) is 4.04. The lowest BCUT2D eigenvalue weighted by atomic mass is 10.0. The number of fused-ring (bicyclic) bond motifs is 1. The largest absolute Gasteiger partial charge is 0.507 e. The van der Waals surface area contributed by atoms with E-state index in [-0.39, 0.29) is 0 Å². The van der Waals surface area contributed by atoms with Crippen LogP contribution in [-0.4, -0.2) is 26.5 Å². The summed E-state index contributed by atoms with van der Waals surface area (Å²) < 4.78 is 0. The van der Waals surface area contributed by atoms with Crippen molar-refractivity contribution >= 4 is 11.3 Å². The van der Waals surface area contributed by atoms with Gasteiger partial charge in [-0.15, -0.1) is 11.3 Å². The molecule has 3 heterocycles. The first-order valence-corrected chi connectivity index (χ1v) is 8.97. The summed E-state index contributed by atoms with van der Waals surface area (Å²) in [6.45, 7) is 4.46. The molecule has 0 saturated carbocycles. The Balaban J connectivity index is 1.53. The molecule has 122 valence electrons. The van der Waals surface area contributed by atoms with Gasteiger partial charge in [-0.3, -0.25) is 4.90 Å². The lowest BCUT2D eigenvalue weighted by Crippen LogP contribution is -2.31. The van der Waals surface area contributed by atoms with Crippen LogP contribution in [0, 0.1) is 6.92 Å². The van der Waals surface area contributed by atoms with Gasteiger partial charge in [0.05, 0.1) is 10.6 Å². The molecule has 4 nitrogen and oxygen atoms in total. The van der Waals surface area contributed by atoms with Gasteiger partial charge in [0.2, 0.25) is 0 Å². The normalized spacial score (nSPS) is 14.5. The molecule has 1 N–H and O–H groups in total. The first kappa shape index (κ1) is 15.3. The van der Waals surface area contributed by atoms with E-state index in [1.54, 1.807) is 11.3 Å². The summed E-state index contributed by atoms with van der Waals surface area (Å²) >= 11 is 1.67. The van der Waals surface area contributed by atoms with Gasteiger partial charge in [-0.05, 0) is 23.9 Å². The third-order valence-electron chi connectivity index (χ3n) is 4.47. The fourth-order valence-electron chi connectivity index (χ4n) is 3.12. The molecule has 0 spiro atoms. The maximum Gasteiger partial charge on any atom is 0.169 e. The van der Waals surface area contributed by atoms with Gasteiger partial charge in [-0.2, -0.15) is 0 Å². The quantitative estimate of drug-likeness (QED) is 0.790. The van der Waals surface area contributed by atoms with Crippen LogP contribution in [0.25, 0.3) is 10.7 Å². The molecular formula is C19H19N3OS. The molecule has 24 heavy (non-hydrogen) atoms. The SMILES string of the molecule is Cc1cccc(CN2CCc3nc(-c4cccs4)ncc3C2)c1O. The van der Waals surface area contributed by atoms with Gasteiger partial charge in [0.1, 0.15) is 5.75 Å². The molecule has 0 atom stereocenters. The molecule has 5 heteroatoms. The molecule has 0 fully saturated rings. The van der Waals surface area contributed by atoms with Gasteiger partial charge in [-0.1, -0.05) is 24.3 Å². The standard InChI is InChI=1S/C19H19N3OS/c1-13-4-2-5-14(18(13)23)11-22-8-7-16-15(12-22)10-20-19(21-16)17-6-3-9-24-17/h2-6,9-10,23H,7-8,11-12H2,1H3. The number of aromatic hydroxyl groups is 1. The van der Waals surface area contributed by atoms with Crippen molar-refractivity contribution in [2.24, 2.45) is 0 Å². The number of thiophene rings is 1. The summed E-state index contributed by atoms with van der Waals surface area (Å²) in [5, 5.41) is 12.3. The summed E-state index contributed by atoms with van der Waals surface area (Å²) in [4.78, 5) is 12.7. The van der Waals surface area contributed by atoms with E-state index >= 15 is 0 Å². The molecule has 0 radical (unpaired) electrons. The van der Waals surface area contributed by atoms with Crippen molar-refractivity contribution in [3.63, 3.8) is 0 Å². The van der Waals surface area contributed by atoms with E-state index in [2.05, 4.69) is 16.0 Å². The molecule has 1 aliphatic heterocycles. The average molecular weight is 337 g/mol. The molecule has 0 amide bonds. The minimum Gasteiger partial charge on any atom is -0.507 e. The zero-order chi connectivity index (χ0) is 16.5. The Bertz CT molecular complexity index is 861. The zero-order valence-corrected chi connectivity index (χ0v) is 14.4. The molecule has 0 unspecified atom stereocenters. The lowest BCUT2D eigenvalue weighted by Gasteiger charge is -2.28. The van der Waals surface area contributed by atoms with Gasteiger partial charge in [-0.25, -0.2) is 9.97 Å². The van der Waals surface area contributed by atoms with E-state index in [9.17, 15) is 5.11 Å². The third kappa shape index (κ3) is 2.92. The molecule has 0 saturated heterocycles. The third-order valence-corrected chi connectivity index (χ3v) is 5.34. The minimum absolute atomic E-state index is 0.410. The van der Waals surface area contributed by atoms with Crippen molar-refractivity contribution in [3.05, 3.63) is 64.3 Å². The van der Waals surface area contributed by atoms with Crippen LogP contribution in [0.15, 0.2) is 41.9 Å². The summed E-state index contributed by atoms with van der Waals surface area (Å²) in [7, 11) is 0. The van der Waals surface area contributed by atoms with Crippen LogP contribution >= 0.6 is 11.3 Å². The van der Waals surface area contributed by atoms with Gasteiger partial charge in [0.25, 0.3) is 0 Å². The molecular weight excluding hydrogens is 318 g/mol. The Morgan fingerprint density at radius 2 is 2.17 bits per heavy atom. The number of nitrogens with zero attached hydrogens (tertiary/aromatic N) is 3. The molecule has 0 bridgehead atoms. The molecule has 1 aromatic carbocycles. The van der Waals surface area contributed by atoms with Crippen LogP contribution < -0.4 is 0 Å². The molecule has 4 rings (SSSR count). The van der Waals surface area contributed by atoms with Crippen molar-refractivity contribution in [1.29, 1.82) is 0 Å². The van der Waals surface area contributed by atoms with Gasteiger partial charge < -0.3 is 5.11 Å². The number of para-hydroxylation sites is 1. The van der Waals surface area contributed by atoms with Crippen LogP contribution in [0.2, 0.25) is 0 Å². The Hall–Kier alpha value is -2.24. The summed E-state index contributed by atoms with van der Waals surface area (Å²) in [5.41, 5.74) is 4.25. The molecule has 1 aliphatic rings. The van der Waals surface area contributed by atoms with Crippen molar-refractivity contribution in [1.82, 2.24) is 14.9 Å². The number of phenolic OH excluding ortho intramolecular Hbond substituents is 1. The lowest BCUT2D eigenvalue weighted by molar-refractivity contribution is 0.239. The van der Waals surface area contributed by atoms with Crippen LogP contribution in [-0.2, 0) is 19.5 Å². The number of hydrogen-bond donors (Lipinski definition) is 1. The van der Waals surface area contributed by atoms with Gasteiger partial charge in [0, 0.05) is 43.4 Å². The second-order valence-corrected chi connectivity index (χ2v) is 7.13. The highest BCUT2D eigenvalue weighted by atomic mass is 32.1. The zero-order valence-electron chi connectivity index (χ0n) is 13.6. The number of hydrogen-bond acceptors (Lipinski definition) is 5. The maximum absolute atomic E-state index is 10.2. The molecule has 0 aliphatic carbocycles. The number of phenols is 1. The second-order valence-electron chi connectivity index (χ2n) is 6.19. The topological polar surface area (TPSA) is 49.2 Å². The number of aryl methyl sites for hydroxylation is 1. The summed E-state index contributed by atoms with van der Waals surface area (Å²) in [6, 6.07) is 10.0. The first-order valence-electron chi connectivity index (χ1n) is 8.09. The molecule has 3 aromatic rings. The smallest absolute Gasteiger partial charge is 0.169 e. The van der Waals surface area contributed by atoms with E-state index in [1.807, 2.05) is 42.8 Å². The Morgan fingerprint density at radius 1 is 1.25 bits per heavy atom. The second kappa shape index (κ2) is 6.34. The number of aromatic nitrogens is 2. The van der Waals surface area contributed by atoms with E-state index in [4.69, 9.17) is 4.98 Å². The van der Waals surface area contributed by atoms with Crippen molar-refractivity contribution in [2.45, 2.75) is 26.4 Å². The summed E-state index contributed by atoms with van der Waals surface area (Å²) in [6.07, 6.45) is 2.88. The highest BCUT2D eigenvalue weighted by Gasteiger charge is 2.20. The minimum atomic E-state index is 0.410. The van der Waals surface area contributed by atoms with Crippen molar-refractivity contribution in [3.8, 4) is 16.5 Å². The van der Waals surface area contributed by atoms with Crippen LogP contribution in [0.3, 0.4) is 0 Å². The fourth-order valence-corrected chi connectivity index (χ4v) is 3.79. The first-order chi connectivity index (χ1) is 11.7. The average Bonchev–Trinajstić information content (AvgIpc) is 3.13. The van der Waals surface area contributed by atoms with E-state index in [1.165, 1.54) is 5.56 Å². The van der Waals surface area contributed by atoms with Crippen LogP contribution in [0.4, 0.5) is 0 Å². The summed E-state index contributed by atoms with van der Waals surface area (Å²) in [5.74, 6) is 1.24. The predicted molar refractivity (Wildman–Crippen MR) is 96.0 cm³/mol.